The number of nitrogens with zero attached hydrogens (tertiary/aromatic N) is 3. The molecule has 0 aliphatic heterocycles. The van der Waals surface area contributed by atoms with Gasteiger partial charge < -0.3 is 14.6 Å². The summed E-state index contributed by atoms with van der Waals surface area (Å²) in [5.41, 5.74) is 3.53. The Morgan fingerprint density at radius 1 is 0.912 bits per heavy atom. The summed E-state index contributed by atoms with van der Waals surface area (Å²) in [6, 6.07) is 26.2. The fraction of sp³-hybridized carbons (Fsp3) is 0.0741. The third kappa shape index (κ3) is 4.59. The van der Waals surface area contributed by atoms with Gasteiger partial charge in [0.15, 0.2) is 0 Å². The monoisotopic (exact) mass is 450 g/mol. The number of benzene rings is 3. The lowest BCUT2D eigenvalue weighted by Crippen LogP contribution is -2.28. The second-order valence-electron chi connectivity index (χ2n) is 7.94. The van der Waals surface area contributed by atoms with Gasteiger partial charge in [0.05, 0.1) is 5.69 Å². The molecule has 0 atom stereocenters. The molecular weight excluding hydrogens is 428 g/mol. The Bertz CT molecular complexity index is 1500. The minimum Gasteiger partial charge on any atom is -0.457 e. The van der Waals surface area contributed by atoms with Crippen LogP contribution >= 0.6 is 0 Å². The van der Waals surface area contributed by atoms with Crippen LogP contribution in [-0.2, 0) is 11.3 Å². The highest BCUT2D eigenvalue weighted by molar-refractivity contribution is 5.90. The lowest BCUT2D eigenvalue weighted by molar-refractivity contribution is -0.116. The second-order valence-corrected chi connectivity index (χ2v) is 7.94. The molecule has 0 spiro atoms. The number of anilines is 1. The van der Waals surface area contributed by atoms with E-state index in [0.29, 0.717) is 22.6 Å². The molecule has 2 heterocycles. The number of amides is 1. The van der Waals surface area contributed by atoms with Gasteiger partial charge in [-0.2, -0.15) is 5.10 Å². The van der Waals surface area contributed by atoms with Crippen molar-refractivity contribution in [3.63, 3.8) is 0 Å². The summed E-state index contributed by atoms with van der Waals surface area (Å²) in [5.74, 6) is 1.09. The molecular formula is C27H22N4O3. The lowest BCUT2D eigenvalue weighted by atomic mass is 10.1. The maximum Gasteiger partial charge on any atom is 0.277 e. The molecule has 0 unspecified atom stereocenters. The van der Waals surface area contributed by atoms with E-state index in [1.54, 1.807) is 42.7 Å². The van der Waals surface area contributed by atoms with Gasteiger partial charge >= 0.3 is 0 Å². The number of rotatable bonds is 6. The molecule has 0 saturated heterocycles. The third-order valence-electron chi connectivity index (χ3n) is 5.38. The van der Waals surface area contributed by atoms with Crippen molar-refractivity contribution >= 4 is 17.1 Å². The van der Waals surface area contributed by atoms with E-state index in [-0.39, 0.29) is 18.0 Å². The topological polar surface area (TPSA) is 77.6 Å². The Balaban J connectivity index is 1.28. The summed E-state index contributed by atoms with van der Waals surface area (Å²) in [6.07, 6.45) is 3.25. The Hall–Kier alpha value is -4.65. The van der Waals surface area contributed by atoms with Gasteiger partial charge in [0, 0.05) is 23.6 Å². The Kier molecular flexibility index (Phi) is 5.66. The lowest BCUT2D eigenvalue weighted by Gasteiger charge is -2.09. The molecule has 7 heteroatoms. The number of fused-ring (bicyclic) bond motifs is 1. The molecule has 1 N–H and O–H groups in total. The molecule has 5 aromatic rings. The highest BCUT2D eigenvalue weighted by atomic mass is 16.5. The Morgan fingerprint density at radius 3 is 2.35 bits per heavy atom. The van der Waals surface area contributed by atoms with Crippen molar-refractivity contribution in [2.24, 2.45) is 0 Å². The predicted octanol–water partition coefficient (Wildman–Crippen LogP) is 4.90. The maximum absolute atomic E-state index is 12.9. The average Bonchev–Trinajstić information content (AvgIpc) is 3.29. The first-order valence-electron chi connectivity index (χ1n) is 10.8. The minimum atomic E-state index is -0.304. The van der Waals surface area contributed by atoms with E-state index in [9.17, 15) is 9.59 Å². The number of hydrogen-bond acceptors (Lipinski definition) is 4. The third-order valence-corrected chi connectivity index (χ3v) is 5.38. The predicted molar refractivity (Wildman–Crippen MR) is 131 cm³/mol. The smallest absolute Gasteiger partial charge is 0.277 e. The van der Waals surface area contributed by atoms with Crippen LogP contribution in [0.4, 0.5) is 5.69 Å². The molecule has 5 rings (SSSR count). The van der Waals surface area contributed by atoms with Gasteiger partial charge in [-0.15, -0.1) is 0 Å². The number of carbonyl (C=O) groups is 1. The maximum atomic E-state index is 12.9. The van der Waals surface area contributed by atoms with Crippen LogP contribution in [0.5, 0.6) is 11.5 Å². The average molecular weight is 450 g/mol. The van der Waals surface area contributed by atoms with Crippen LogP contribution in [0.2, 0.25) is 0 Å². The number of ether oxygens (including phenoxy) is 1. The Morgan fingerprint density at radius 2 is 1.62 bits per heavy atom. The van der Waals surface area contributed by atoms with E-state index >= 15 is 0 Å². The van der Waals surface area contributed by atoms with E-state index in [1.165, 1.54) is 9.08 Å². The molecule has 2 aromatic heterocycles. The van der Waals surface area contributed by atoms with E-state index in [0.717, 1.165) is 16.9 Å². The van der Waals surface area contributed by atoms with Crippen molar-refractivity contribution in [1.29, 1.82) is 0 Å². The molecule has 1 amide bonds. The zero-order valence-corrected chi connectivity index (χ0v) is 18.5. The second kappa shape index (κ2) is 9.07. The SMILES string of the molecule is Cc1ccc(-c2cc3c(=O)n(CC(=O)Nc4ccc(Oc5ccccc5)cc4)ccn3n2)cc1. The number of para-hydroxylation sites is 1. The molecule has 0 bridgehead atoms. The number of carbonyl (C=O) groups excluding carboxylic acids is 1. The number of nitrogens with one attached hydrogen (secondary N) is 1. The van der Waals surface area contributed by atoms with Crippen LogP contribution in [0.3, 0.4) is 0 Å². The molecule has 0 aliphatic carbocycles. The molecule has 0 saturated carbocycles. The number of aryl methyl sites for hydroxylation is 1. The van der Waals surface area contributed by atoms with Gasteiger partial charge in [-0.25, -0.2) is 4.52 Å². The number of hydrogen-bond donors (Lipinski definition) is 1. The molecule has 0 fully saturated rings. The van der Waals surface area contributed by atoms with Gasteiger partial charge in [0.1, 0.15) is 23.6 Å². The van der Waals surface area contributed by atoms with Gasteiger partial charge in [-0.1, -0.05) is 48.0 Å². The van der Waals surface area contributed by atoms with Crippen LogP contribution in [-0.4, -0.2) is 20.1 Å². The zero-order chi connectivity index (χ0) is 23.5. The first kappa shape index (κ1) is 21.2. The fourth-order valence-corrected chi connectivity index (χ4v) is 3.60. The summed E-state index contributed by atoms with van der Waals surface area (Å²) in [5, 5.41) is 7.31. The van der Waals surface area contributed by atoms with Gasteiger partial charge in [-0.3, -0.25) is 9.59 Å². The molecule has 7 nitrogen and oxygen atoms in total. The highest BCUT2D eigenvalue weighted by Gasteiger charge is 2.12. The Labute approximate surface area is 195 Å². The largest absolute Gasteiger partial charge is 0.457 e. The van der Waals surface area contributed by atoms with Crippen molar-refractivity contribution in [1.82, 2.24) is 14.2 Å². The van der Waals surface area contributed by atoms with Crippen LogP contribution in [0.15, 0.2) is 102 Å². The van der Waals surface area contributed by atoms with Crippen molar-refractivity contribution in [2.45, 2.75) is 13.5 Å². The van der Waals surface area contributed by atoms with Crippen molar-refractivity contribution in [3.8, 4) is 22.8 Å². The zero-order valence-electron chi connectivity index (χ0n) is 18.5. The van der Waals surface area contributed by atoms with Gasteiger partial charge in [-0.05, 0) is 49.4 Å². The van der Waals surface area contributed by atoms with Crippen LogP contribution in [0.25, 0.3) is 16.8 Å². The number of aromatic nitrogens is 3. The van der Waals surface area contributed by atoms with Crippen molar-refractivity contribution in [3.05, 3.63) is 113 Å². The van der Waals surface area contributed by atoms with E-state index in [2.05, 4.69) is 10.4 Å². The quantitative estimate of drug-likeness (QED) is 0.399. The molecule has 0 aliphatic rings. The minimum absolute atomic E-state index is 0.108. The summed E-state index contributed by atoms with van der Waals surface area (Å²) < 4.78 is 8.68. The normalized spacial score (nSPS) is 10.9. The van der Waals surface area contributed by atoms with Gasteiger partial charge in [0.25, 0.3) is 5.56 Å². The van der Waals surface area contributed by atoms with E-state index < -0.39 is 0 Å². The molecule has 3 aromatic carbocycles. The summed E-state index contributed by atoms with van der Waals surface area (Å²) in [7, 11) is 0. The van der Waals surface area contributed by atoms with E-state index in [4.69, 9.17) is 4.74 Å². The molecule has 0 radical (unpaired) electrons. The summed E-state index contributed by atoms with van der Waals surface area (Å²) in [4.78, 5) is 25.5. The fourth-order valence-electron chi connectivity index (χ4n) is 3.60. The van der Waals surface area contributed by atoms with Crippen LogP contribution < -0.4 is 15.6 Å². The molecule has 34 heavy (non-hydrogen) atoms. The van der Waals surface area contributed by atoms with Crippen molar-refractivity contribution in [2.75, 3.05) is 5.32 Å². The first-order valence-corrected chi connectivity index (χ1v) is 10.8. The summed E-state index contributed by atoms with van der Waals surface area (Å²) >= 11 is 0. The van der Waals surface area contributed by atoms with Gasteiger partial charge in [0.2, 0.25) is 5.91 Å². The van der Waals surface area contributed by atoms with E-state index in [1.807, 2.05) is 61.5 Å². The molecule has 168 valence electrons. The highest BCUT2D eigenvalue weighted by Crippen LogP contribution is 2.23. The summed E-state index contributed by atoms with van der Waals surface area (Å²) in [6.45, 7) is 1.91. The van der Waals surface area contributed by atoms with Crippen LogP contribution in [0, 0.1) is 6.92 Å². The van der Waals surface area contributed by atoms with Crippen molar-refractivity contribution < 1.29 is 9.53 Å². The first-order chi connectivity index (χ1) is 16.5. The standard InChI is InChI=1S/C27H22N4O3/c1-19-7-9-20(10-8-19)24-17-25-27(33)30(15-16-31(25)29-24)18-26(32)28-21-11-13-23(14-12-21)34-22-5-3-2-4-6-22/h2-17H,18H2,1H3,(H,28,32). The van der Waals surface area contributed by atoms with Crippen LogP contribution in [0.1, 0.15) is 5.56 Å².